The van der Waals surface area contributed by atoms with E-state index < -0.39 is 0 Å². The molecule has 1 fully saturated rings. The van der Waals surface area contributed by atoms with E-state index in [1.165, 1.54) is 28.6 Å². The van der Waals surface area contributed by atoms with Crippen LogP contribution in [0.15, 0.2) is 24.4 Å². The molecule has 1 aliphatic rings. The molecule has 3 aromatic rings. The van der Waals surface area contributed by atoms with E-state index in [1.54, 1.807) is 4.68 Å². The highest BCUT2D eigenvalue weighted by Crippen LogP contribution is 2.30. The minimum atomic E-state index is 0.754. The first-order chi connectivity index (χ1) is 9.81. The molecule has 4 rings (SSSR count). The van der Waals surface area contributed by atoms with Crippen molar-refractivity contribution in [2.75, 3.05) is 18.0 Å². The molecule has 1 N–H and O–H groups in total. The van der Waals surface area contributed by atoms with E-state index in [0.717, 1.165) is 25.3 Å². The summed E-state index contributed by atoms with van der Waals surface area (Å²) < 4.78 is 1.72. The minimum Gasteiger partial charge on any atom is -0.370 e. The summed E-state index contributed by atoms with van der Waals surface area (Å²) in [6.45, 7) is 2.31. The van der Waals surface area contributed by atoms with E-state index in [0.29, 0.717) is 0 Å². The highest BCUT2D eigenvalue weighted by atomic mass is 15.5. The van der Waals surface area contributed by atoms with Crippen LogP contribution in [0.3, 0.4) is 0 Å². The second-order valence-corrected chi connectivity index (χ2v) is 5.29. The lowest BCUT2D eigenvalue weighted by atomic mass is 10.1. The number of aromatic amines is 1. The first kappa shape index (κ1) is 11.5. The number of anilines is 1. The number of benzene rings is 1. The van der Waals surface area contributed by atoms with E-state index in [9.17, 15) is 0 Å². The third kappa shape index (κ3) is 1.76. The number of hydrogen-bond acceptors (Lipinski definition) is 4. The Labute approximate surface area is 116 Å². The van der Waals surface area contributed by atoms with Gasteiger partial charge in [0.25, 0.3) is 0 Å². The first-order valence-corrected chi connectivity index (χ1v) is 6.87. The average molecular weight is 268 g/mol. The summed E-state index contributed by atoms with van der Waals surface area (Å²) >= 11 is 0. The molecular formula is C14H16N6. The summed E-state index contributed by atoms with van der Waals surface area (Å²) in [5.41, 5.74) is 3.73. The smallest absolute Gasteiger partial charge is 0.155 e. The summed E-state index contributed by atoms with van der Waals surface area (Å²) in [4.78, 5) is 5.76. The zero-order valence-corrected chi connectivity index (χ0v) is 11.4. The monoisotopic (exact) mass is 268 g/mol. The maximum Gasteiger partial charge on any atom is 0.155 e. The van der Waals surface area contributed by atoms with E-state index in [1.807, 2.05) is 7.05 Å². The highest BCUT2D eigenvalue weighted by Gasteiger charge is 2.18. The molecule has 102 valence electrons. The van der Waals surface area contributed by atoms with Crippen LogP contribution >= 0.6 is 0 Å². The topological polar surface area (TPSA) is 62.6 Å². The van der Waals surface area contributed by atoms with Crippen molar-refractivity contribution < 1.29 is 0 Å². The van der Waals surface area contributed by atoms with Crippen molar-refractivity contribution in [1.82, 2.24) is 25.2 Å². The Morgan fingerprint density at radius 2 is 2.20 bits per heavy atom. The molecule has 20 heavy (non-hydrogen) atoms. The van der Waals surface area contributed by atoms with Crippen molar-refractivity contribution >= 4 is 16.6 Å². The van der Waals surface area contributed by atoms with Gasteiger partial charge in [0.15, 0.2) is 5.82 Å². The molecule has 0 bridgehead atoms. The normalized spacial score (nSPS) is 14.8. The Kier molecular flexibility index (Phi) is 2.48. The van der Waals surface area contributed by atoms with Crippen molar-refractivity contribution in [3.8, 4) is 0 Å². The minimum absolute atomic E-state index is 0.754. The zero-order valence-electron chi connectivity index (χ0n) is 11.4. The Balaban J connectivity index is 1.72. The van der Waals surface area contributed by atoms with Gasteiger partial charge in [0.2, 0.25) is 0 Å². The molecule has 3 heterocycles. The Morgan fingerprint density at radius 3 is 2.90 bits per heavy atom. The van der Waals surface area contributed by atoms with Gasteiger partial charge in [0.1, 0.15) is 0 Å². The van der Waals surface area contributed by atoms with Gasteiger partial charge in [-0.05, 0) is 34.5 Å². The number of nitrogens with one attached hydrogen (secondary N) is 1. The number of tetrazole rings is 1. The van der Waals surface area contributed by atoms with E-state index in [2.05, 4.69) is 49.8 Å². The number of aromatic nitrogens is 5. The number of rotatable bonds is 3. The standard InChI is InChI=1S/C14H16N6/c1-19-14(16-17-18-19)8-10-3-4-12-11(7-10)13(9-15-12)20-5-2-6-20/h3-4,7,9,15H,2,5-6,8H2,1H3. The predicted octanol–water partition coefficient (Wildman–Crippen LogP) is 1.49. The van der Waals surface area contributed by atoms with E-state index in [4.69, 9.17) is 0 Å². The zero-order chi connectivity index (χ0) is 13.5. The van der Waals surface area contributed by atoms with Crippen molar-refractivity contribution in [3.05, 3.63) is 35.8 Å². The summed E-state index contributed by atoms with van der Waals surface area (Å²) in [6, 6.07) is 6.51. The van der Waals surface area contributed by atoms with Gasteiger partial charge in [-0.1, -0.05) is 6.07 Å². The second kappa shape index (κ2) is 4.33. The molecular weight excluding hydrogens is 252 g/mol. The second-order valence-electron chi connectivity index (χ2n) is 5.29. The van der Waals surface area contributed by atoms with Gasteiger partial charge in [0, 0.05) is 43.7 Å². The van der Waals surface area contributed by atoms with Crippen LogP contribution in [-0.2, 0) is 13.5 Å². The lowest BCUT2D eigenvalue weighted by Gasteiger charge is -2.32. The van der Waals surface area contributed by atoms with Crippen LogP contribution in [0, 0.1) is 0 Å². The van der Waals surface area contributed by atoms with Crippen LogP contribution in [0.25, 0.3) is 10.9 Å². The van der Waals surface area contributed by atoms with Crippen LogP contribution in [-0.4, -0.2) is 38.3 Å². The number of H-pyrrole nitrogens is 1. The summed E-state index contributed by atoms with van der Waals surface area (Å²) in [6.07, 6.45) is 4.15. The van der Waals surface area contributed by atoms with Gasteiger partial charge in [-0.2, -0.15) is 0 Å². The van der Waals surface area contributed by atoms with Gasteiger partial charge < -0.3 is 9.88 Å². The van der Waals surface area contributed by atoms with Crippen LogP contribution < -0.4 is 4.90 Å². The van der Waals surface area contributed by atoms with Crippen LogP contribution in [0.4, 0.5) is 5.69 Å². The van der Waals surface area contributed by atoms with Gasteiger partial charge in [-0.25, -0.2) is 4.68 Å². The molecule has 0 atom stereocenters. The largest absolute Gasteiger partial charge is 0.370 e. The third-order valence-electron chi connectivity index (χ3n) is 3.99. The lowest BCUT2D eigenvalue weighted by molar-refractivity contribution is 0.620. The number of fused-ring (bicyclic) bond motifs is 1. The summed E-state index contributed by atoms with van der Waals surface area (Å²) in [5.74, 6) is 0.880. The first-order valence-electron chi connectivity index (χ1n) is 6.87. The fraction of sp³-hybridized carbons (Fsp3) is 0.357. The van der Waals surface area contributed by atoms with Crippen molar-refractivity contribution in [1.29, 1.82) is 0 Å². The molecule has 1 aliphatic heterocycles. The van der Waals surface area contributed by atoms with Crippen molar-refractivity contribution in [2.24, 2.45) is 7.05 Å². The molecule has 0 radical (unpaired) electrons. The number of aryl methyl sites for hydroxylation is 1. The van der Waals surface area contributed by atoms with Gasteiger partial charge in [0.05, 0.1) is 5.69 Å². The molecule has 0 unspecified atom stereocenters. The highest BCUT2D eigenvalue weighted by molar-refractivity contribution is 5.93. The lowest BCUT2D eigenvalue weighted by Crippen LogP contribution is -2.36. The Hall–Kier alpha value is -2.37. The molecule has 6 heteroatoms. The summed E-state index contributed by atoms with van der Waals surface area (Å²) in [7, 11) is 1.87. The quantitative estimate of drug-likeness (QED) is 0.781. The van der Waals surface area contributed by atoms with Crippen molar-refractivity contribution in [2.45, 2.75) is 12.8 Å². The van der Waals surface area contributed by atoms with Crippen molar-refractivity contribution in [3.63, 3.8) is 0 Å². The van der Waals surface area contributed by atoms with Gasteiger partial charge in [-0.3, -0.25) is 0 Å². The molecule has 0 amide bonds. The van der Waals surface area contributed by atoms with E-state index >= 15 is 0 Å². The van der Waals surface area contributed by atoms with E-state index in [-0.39, 0.29) is 0 Å². The fourth-order valence-corrected chi connectivity index (χ4v) is 2.66. The third-order valence-corrected chi connectivity index (χ3v) is 3.99. The Bertz CT molecular complexity index is 752. The maximum absolute atomic E-state index is 4.05. The molecule has 0 aliphatic carbocycles. The van der Waals surface area contributed by atoms with Gasteiger partial charge >= 0.3 is 0 Å². The number of hydrogen-bond donors (Lipinski definition) is 1. The molecule has 1 aromatic carbocycles. The maximum atomic E-state index is 4.05. The molecule has 6 nitrogen and oxygen atoms in total. The SMILES string of the molecule is Cn1nnnc1Cc1ccc2[nH]cc(N3CCC3)c2c1. The van der Waals surface area contributed by atoms with Crippen LogP contribution in [0.2, 0.25) is 0 Å². The molecule has 0 saturated carbocycles. The fourth-order valence-electron chi connectivity index (χ4n) is 2.66. The number of nitrogens with zero attached hydrogens (tertiary/aromatic N) is 5. The molecule has 1 saturated heterocycles. The Morgan fingerprint density at radius 1 is 1.30 bits per heavy atom. The average Bonchev–Trinajstić information content (AvgIpc) is 2.96. The predicted molar refractivity (Wildman–Crippen MR) is 76.7 cm³/mol. The molecule has 2 aromatic heterocycles. The van der Waals surface area contributed by atoms with Gasteiger partial charge in [-0.15, -0.1) is 5.10 Å². The summed E-state index contributed by atoms with van der Waals surface area (Å²) in [5, 5.41) is 12.9. The van der Waals surface area contributed by atoms with Crippen LogP contribution in [0.1, 0.15) is 17.8 Å². The molecule has 0 spiro atoms. The van der Waals surface area contributed by atoms with Crippen LogP contribution in [0.5, 0.6) is 0 Å².